The minimum absolute atomic E-state index is 0.0635. The Morgan fingerprint density at radius 3 is 2.45 bits per heavy atom. The zero-order valence-corrected chi connectivity index (χ0v) is 13.6. The van der Waals surface area contributed by atoms with Crippen LogP contribution in [0.5, 0.6) is 0 Å². The van der Waals surface area contributed by atoms with Gasteiger partial charge in [0.05, 0.1) is 4.90 Å². The van der Waals surface area contributed by atoms with Crippen molar-refractivity contribution in [1.29, 1.82) is 0 Å². The Morgan fingerprint density at radius 1 is 1.36 bits per heavy atom. The van der Waals surface area contributed by atoms with Crippen molar-refractivity contribution in [3.63, 3.8) is 0 Å². The quantitative estimate of drug-likeness (QED) is 0.486. The van der Waals surface area contributed by atoms with E-state index in [2.05, 4.69) is 11.8 Å². The molecule has 2 N–H and O–H groups in total. The van der Waals surface area contributed by atoms with Crippen molar-refractivity contribution in [3.05, 3.63) is 29.8 Å². The lowest BCUT2D eigenvalue weighted by molar-refractivity contribution is -0.132. The van der Waals surface area contributed by atoms with Crippen molar-refractivity contribution >= 4 is 15.9 Å². The van der Waals surface area contributed by atoms with Crippen LogP contribution in [-0.2, 0) is 14.8 Å². The maximum atomic E-state index is 12.4. The summed E-state index contributed by atoms with van der Waals surface area (Å²) < 4.78 is 25.7. The lowest BCUT2D eigenvalue weighted by Gasteiger charge is -2.22. The topological polar surface area (TPSA) is 86.7 Å². The SMILES string of the molecule is CCCC#Cc1ccc(S(=O)(=O)N(C)[C@H](C)C(=O)NO)cc1. The van der Waals surface area contributed by atoms with Gasteiger partial charge in [0, 0.05) is 19.0 Å². The highest BCUT2D eigenvalue weighted by Gasteiger charge is 2.29. The monoisotopic (exact) mass is 324 g/mol. The number of amides is 1. The molecule has 1 atom stereocenters. The van der Waals surface area contributed by atoms with Gasteiger partial charge in [0.2, 0.25) is 10.0 Å². The van der Waals surface area contributed by atoms with Crippen LogP contribution in [0.1, 0.15) is 32.3 Å². The fourth-order valence-electron chi connectivity index (χ4n) is 1.63. The summed E-state index contributed by atoms with van der Waals surface area (Å²) in [6.07, 6.45) is 1.76. The average molecular weight is 324 g/mol. The van der Waals surface area contributed by atoms with Gasteiger partial charge in [-0.1, -0.05) is 18.8 Å². The number of rotatable bonds is 5. The number of unbranched alkanes of at least 4 members (excludes halogenated alkanes) is 1. The van der Waals surface area contributed by atoms with E-state index >= 15 is 0 Å². The van der Waals surface area contributed by atoms with E-state index in [1.54, 1.807) is 12.1 Å². The molecule has 120 valence electrons. The van der Waals surface area contributed by atoms with E-state index in [1.165, 1.54) is 31.6 Å². The van der Waals surface area contributed by atoms with Gasteiger partial charge in [-0.25, -0.2) is 13.9 Å². The third-order valence-corrected chi connectivity index (χ3v) is 5.12. The van der Waals surface area contributed by atoms with Crippen LogP contribution in [0.15, 0.2) is 29.2 Å². The number of nitrogens with one attached hydrogen (secondary N) is 1. The molecule has 0 aromatic heterocycles. The van der Waals surface area contributed by atoms with Crippen molar-refractivity contribution in [2.24, 2.45) is 0 Å². The van der Waals surface area contributed by atoms with Crippen molar-refractivity contribution in [3.8, 4) is 11.8 Å². The molecule has 1 aromatic carbocycles. The molecule has 0 bridgehead atoms. The molecule has 0 saturated carbocycles. The summed E-state index contributed by atoms with van der Waals surface area (Å²) in [6, 6.07) is 5.12. The lowest BCUT2D eigenvalue weighted by atomic mass is 10.2. The summed E-state index contributed by atoms with van der Waals surface area (Å²) in [6.45, 7) is 3.41. The van der Waals surface area contributed by atoms with E-state index in [9.17, 15) is 13.2 Å². The van der Waals surface area contributed by atoms with Gasteiger partial charge in [0.15, 0.2) is 0 Å². The first-order valence-electron chi connectivity index (χ1n) is 6.85. The van der Waals surface area contributed by atoms with Gasteiger partial charge in [0.1, 0.15) is 6.04 Å². The highest BCUT2D eigenvalue weighted by atomic mass is 32.2. The predicted molar refractivity (Wildman–Crippen MR) is 82.6 cm³/mol. The minimum Gasteiger partial charge on any atom is -0.289 e. The largest absolute Gasteiger partial charge is 0.289 e. The average Bonchev–Trinajstić information content (AvgIpc) is 2.53. The number of carbonyl (C=O) groups excluding carboxylic acids is 1. The molecule has 0 aliphatic heterocycles. The Kier molecular flexibility index (Phi) is 6.56. The zero-order chi connectivity index (χ0) is 16.8. The number of hydrogen-bond acceptors (Lipinski definition) is 4. The third-order valence-electron chi connectivity index (χ3n) is 3.17. The molecule has 1 aromatic rings. The van der Waals surface area contributed by atoms with Crippen LogP contribution >= 0.6 is 0 Å². The Balaban J connectivity index is 2.99. The molecule has 0 fully saturated rings. The molecule has 1 amide bonds. The Morgan fingerprint density at radius 2 is 1.95 bits per heavy atom. The fourth-order valence-corrected chi connectivity index (χ4v) is 2.96. The number of benzene rings is 1. The molecule has 1 rings (SSSR count). The van der Waals surface area contributed by atoms with E-state index in [4.69, 9.17) is 5.21 Å². The fraction of sp³-hybridized carbons (Fsp3) is 0.400. The van der Waals surface area contributed by atoms with Crippen LogP contribution in [0.2, 0.25) is 0 Å². The molecular formula is C15H20N2O4S. The highest BCUT2D eigenvalue weighted by Crippen LogP contribution is 2.17. The second kappa shape index (κ2) is 7.94. The van der Waals surface area contributed by atoms with Crippen molar-refractivity contribution in [2.75, 3.05) is 7.05 Å². The smallest absolute Gasteiger partial charge is 0.261 e. The molecule has 22 heavy (non-hydrogen) atoms. The van der Waals surface area contributed by atoms with E-state index in [0.29, 0.717) is 0 Å². The Hall–Kier alpha value is -1.88. The number of likely N-dealkylation sites (N-methyl/N-ethyl adjacent to an activating group) is 1. The lowest BCUT2D eigenvalue weighted by Crippen LogP contribution is -2.44. The minimum atomic E-state index is -3.82. The maximum absolute atomic E-state index is 12.4. The van der Waals surface area contributed by atoms with E-state index in [1.807, 2.05) is 6.92 Å². The van der Waals surface area contributed by atoms with Gasteiger partial charge >= 0.3 is 0 Å². The van der Waals surface area contributed by atoms with Crippen molar-refractivity contribution in [2.45, 2.75) is 37.6 Å². The van der Waals surface area contributed by atoms with Crippen molar-refractivity contribution in [1.82, 2.24) is 9.79 Å². The standard InChI is InChI=1S/C15H20N2O4S/c1-4-5-6-7-13-8-10-14(11-9-13)22(20,21)17(3)12(2)15(18)16-19/h8-12,19H,4-5H2,1-3H3,(H,16,18)/t12-/m1/s1. The summed E-state index contributed by atoms with van der Waals surface area (Å²) >= 11 is 0. The molecule has 0 unspecified atom stereocenters. The Labute approximate surface area is 131 Å². The summed E-state index contributed by atoms with van der Waals surface area (Å²) in [4.78, 5) is 11.4. The second-order valence-corrected chi connectivity index (χ2v) is 6.75. The van der Waals surface area contributed by atoms with Gasteiger partial charge in [-0.15, -0.1) is 0 Å². The first-order chi connectivity index (χ1) is 10.3. The number of sulfonamides is 1. The summed E-state index contributed by atoms with van der Waals surface area (Å²) in [7, 11) is -2.54. The molecule has 7 heteroatoms. The van der Waals surface area contributed by atoms with Crippen LogP contribution < -0.4 is 5.48 Å². The number of hydroxylamine groups is 1. The first kappa shape index (κ1) is 18.2. The van der Waals surface area contributed by atoms with E-state index in [-0.39, 0.29) is 4.90 Å². The summed E-state index contributed by atoms with van der Waals surface area (Å²) in [5.41, 5.74) is 2.18. The molecule has 0 saturated heterocycles. The second-order valence-electron chi connectivity index (χ2n) is 4.75. The van der Waals surface area contributed by atoms with E-state index < -0.39 is 22.0 Å². The normalized spacial score (nSPS) is 12.4. The zero-order valence-electron chi connectivity index (χ0n) is 12.8. The highest BCUT2D eigenvalue weighted by molar-refractivity contribution is 7.89. The van der Waals surface area contributed by atoms with Gasteiger partial charge < -0.3 is 0 Å². The molecule has 0 aliphatic rings. The van der Waals surface area contributed by atoms with Crippen LogP contribution in [-0.4, -0.2) is 36.9 Å². The van der Waals surface area contributed by atoms with Gasteiger partial charge in [-0.2, -0.15) is 4.31 Å². The Bertz CT molecular complexity index is 672. The van der Waals surface area contributed by atoms with Crippen LogP contribution in [0.25, 0.3) is 0 Å². The maximum Gasteiger partial charge on any atom is 0.261 e. The summed E-state index contributed by atoms with van der Waals surface area (Å²) in [5, 5.41) is 8.59. The van der Waals surface area contributed by atoms with Gasteiger partial charge in [-0.3, -0.25) is 10.0 Å². The molecule has 0 aliphatic carbocycles. The predicted octanol–water partition coefficient (Wildman–Crippen LogP) is 1.35. The molecule has 0 radical (unpaired) electrons. The molecule has 6 nitrogen and oxygen atoms in total. The number of hydrogen-bond donors (Lipinski definition) is 2. The van der Waals surface area contributed by atoms with Gasteiger partial charge in [0.25, 0.3) is 5.91 Å². The summed E-state index contributed by atoms with van der Waals surface area (Å²) in [5.74, 6) is 5.13. The molecule has 0 heterocycles. The van der Waals surface area contributed by atoms with Crippen LogP contribution in [0.3, 0.4) is 0 Å². The molecule has 0 spiro atoms. The van der Waals surface area contributed by atoms with Crippen LogP contribution in [0, 0.1) is 11.8 Å². The number of carbonyl (C=O) groups is 1. The van der Waals surface area contributed by atoms with Crippen molar-refractivity contribution < 1.29 is 18.4 Å². The first-order valence-corrected chi connectivity index (χ1v) is 8.29. The third kappa shape index (κ3) is 4.31. The number of nitrogens with zero attached hydrogens (tertiary/aromatic N) is 1. The van der Waals surface area contributed by atoms with E-state index in [0.717, 1.165) is 22.7 Å². The molecular weight excluding hydrogens is 304 g/mol. The van der Waals surface area contributed by atoms with Gasteiger partial charge in [-0.05, 0) is 37.6 Å². The van der Waals surface area contributed by atoms with Crippen LogP contribution in [0.4, 0.5) is 0 Å².